The third kappa shape index (κ3) is 4.08. The Morgan fingerprint density at radius 3 is 2.44 bits per heavy atom. The molecule has 0 saturated carbocycles. The molecule has 1 N–H and O–H groups in total. The first-order valence-corrected chi connectivity index (χ1v) is 11.0. The molecule has 34 heavy (non-hydrogen) atoms. The Morgan fingerprint density at radius 1 is 0.912 bits per heavy atom. The minimum absolute atomic E-state index is 0.0401. The van der Waals surface area contributed by atoms with E-state index in [1.165, 1.54) is 0 Å². The van der Waals surface area contributed by atoms with Crippen molar-refractivity contribution in [2.75, 3.05) is 25.1 Å². The lowest BCUT2D eigenvalue weighted by molar-refractivity contribution is -0.118. The highest BCUT2D eigenvalue weighted by atomic mass is 16.6. The van der Waals surface area contributed by atoms with Gasteiger partial charge in [0.15, 0.2) is 23.9 Å². The van der Waals surface area contributed by atoms with Gasteiger partial charge in [-0.05, 0) is 55.3 Å². The van der Waals surface area contributed by atoms with Crippen LogP contribution in [0.2, 0.25) is 0 Å². The summed E-state index contributed by atoms with van der Waals surface area (Å²) >= 11 is 0. The number of nitrogens with one attached hydrogen (secondary N) is 1. The van der Waals surface area contributed by atoms with Crippen LogP contribution >= 0.6 is 0 Å². The molecule has 4 aromatic rings. The quantitative estimate of drug-likeness (QED) is 0.407. The summed E-state index contributed by atoms with van der Waals surface area (Å²) < 4.78 is 22.8. The average molecular weight is 457 g/mol. The van der Waals surface area contributed by atoms with E-state index in [4.69, 9.17) is 18.6 Å². The molecule has 0 saturated heterocycles. The number of carbonyl (C=O) groups excluding carboxylic acids is 2. The van der Waals surface area contributed by atoms with Crippen LogP contribution in [0.1, 0.15) is 27.2 Å². The number of aryl methyl sites for hydroxylation is 2. The van der Waals surface area contributed by atoms with Gasteiger partial charge in [-0.3, -0.25) is 9.59 Å². The Morgan fingerprint density at radius 2 is 1.65 bits per heavy atom. The van der Waals surface area contributed by atoms with Gasteiger partial charge in [0, 0.05) is 10.9 Å². The molecule has 3 aromatic carbocycles. The fourth-order valence-corrected chi connectivity index (χ4v) is 3.99. The first-order chi connectivity index (χ1) is 16.5. The van der Waals surface area contributed by atoms with Gasteiger partial charge in [-0.15, -0.1) is 0 Å². The number of ketones is 1. The molecule has 7 heteroatoms. The first-order valence-electron chi connectivity index (χ1n) is 11.0. The Bertz CT molecular complexity index is 1380. The van der Waals surface area contributed by atoms with Crippen molar-refractivity contribution in [2.45, 2.75) is 13.8 Å². The summed E-state index contributed by atoms with van der Waals surface area (Å²) in [5.41, 5.74) is 3.05. The first kappa shape index (κ1) is 21.6. The number of ether oxygens (including phenoxy) is 3. The molecule has 0 atom stereocenters. The van der Waals surface area contributed by atoms with Gasteiger partial charge in [0.2, 0.25) is 5.78 Å². The lowest BCUT2D eigenvalue weighted by Crippen LogP contribution is -2.22. The molecule has 1 amide bonds. The van der Waals surface area contributed by atoms with Crippen molar-refractivity contribution in [3.63, 3.8) is 0 Å². The predicted molar refractivity (Wildman–Crippen MR) is 127 cm³/mol. The number of hydrogen-bond donors (Lipinski definition) is 1. The molecule has 0 aliphatic carbocycles. The minimum Gasteiger partial charge on any atom is -0.486 e. The van der Waals surface area contributed by atoms with Crippen molar-refractivity contribution < 1.29 is 28.2 Å². The lowest BCUT2D eigenvalue weighted by atomic mass is 10.1. The zero-order chi connectivity index (χ0) is 23.7. The molecule has 1 aromatic heterocycles. The van der Waals surface area contributed by atoms with Gasteiger partial charge in [0.1, 0.15) is 24.5 Å². The van der Waals surface area contributed by atoms with E-state index in [9.17, 15) is 9.59 Å². The number of amides is 1. The van der Waals surface area contributed by atoms with Crippen molar-refractivity contribution in [3.8, 4) is 17.2 Å². The van der Waals surface area contributed by atoms with E-state index in [1.807, 2.05) is 38.1 Å². The largest absolute Gasteiger partial charge is 0.486 e. The van der Waals surface area contributed by atoms with Crippen LogP contribution in [0.25, 0.3) is 11.0 Å². The van der Waals surface area contributed by atoms with Crippen LogP contribution in [0.5, 0.6) is 17.2 Å². The van der Waals surface area contributed by atoms with E-state index < -0.39 is 5.91 Å². The van der Waals surface area contributed by atoms with Crippen molar-refractivity contribution in [1.82, 2.24) is 0 Å². The van der Waals surface area contributed by atoms with Crippen LogP contribution < -0.4 is 19.5 Å². The predicted octanol–water partition coefficient (Wildman–Crippen LogP) is 5.07. The van der Waals surface area contributed by atoms with E-state index in [2.05, 4.69) is 5.32 Å². The van der Waals surface area contributed by atoms with Gasteiger partial charge in [-0.1, -0.05) is 30.3 Å². The van der Waals surface area contributed by atoms with E-state index >= 15 is 0 Å². The summed E-state index contributed by atoms with van der Waals surface area (Å²) in [6.45, 7) is 4.52. The minimum atomic E-state index is -0.398. The highest BCUT2D eigenvalue weighted by molar-refractivity contribution is 6.17. The Hall–Kier alpha value is -4.26. The SMILES string of the molecule is Cc1cccc(C)c1OCC(=O)Nc1c(C(=O)c2ccc3c(c2)OCCO3)oc2ccccc12. The summed E-state index contributed by atoms with van der Waals surface area (Å²) in [6.07, 6.45) is 0. The highest BCUT2D eigenvalue weighted by Gasteiger charge is 2.25. The third-order valence-electron chi connectivity index (χ3n) is 5.63. The molecule has 172 valence electrons. The Balaban J connectivity index is 1.43. The van der Waals surface area contributed by atoms with E-state index in [-0.39, 0.29) is 18.2 Å². The topological polar surface area (TPSA) is 87.0 Å². The standard InChI is InChI=1S/C27H23NO6/c1-16-6-5-7-17(2)26(16)33-15-23(29)28-24-19-8-3-4-9-20(19)34-27(24)25(30)18-10-11-21-22(14-18)32-13-12-31-21/h3-11,14H,12-13,15H2,1-2H3,(H,28,29). The monoisotopic (exact) mass is 457 g/mol. The number of carbonyl (C=O) groups is 2. The number of rotatable bonds is 6. The van der Waals surface area contributed by atoms with Crippen LogP contribution in [0, 0.1) is 13.8 Å². The van der Waals surface area contributed by atoms with Gasteiger partial charge in [0.05, 0.1) is 5.69 Å². The smallest absolute Gasteiger partial charge is 0.262 e. The van der Waals surface area contributed by atoms with Crippen LogP contribution in [0.15, 0.2) is 65.1 Å². The summed E-state index contributed by atoms with van der Waals surface area (Å²) in [6, 6.07) is 17.9. The zero-order valence-corrected chi connectivity index (χ0v) is 18.8. The van der Waals surface area contributed by atoms with E-state index in [0.717, 1.165) is 11.1 Å². The molecular weight excluding hydrogens is 434 g/mol. The van der Waals surface area contributed by atoms with E-state index in [1.54, 1.807) is 36.4 Å². The molecular formula is C27H23NO6. The number of benzene rings is 3. The third-order valence-corrected chi connectivity index (χ3v) is 5.63. The molecule has 5 rings (SSSR count). The maximum atomic E-state index is 13.4. The molecule has 1 aliphatic heterocycles. The second-order valence-electron chi connectivity index (χ2n) is 8.05. The van der Waals surface area contributed by atoms with Crippen LogP contribution in [0.3, 0.4) is 0 Å². The highest BCUT2D eigenvalue weighted by Crippen LogP contribution is 2.35. The van der Waals surface area contributed by atoms with Gasteiger partial charge in [-0.25, -0.2) is 0 Å². The number of furan rings is 1. The second kappa shape index (κ2) is 8.94. The summed E-state index contributed by atoms with van der Waals surface area (Å²) in [4.78, 5) is 26.2. The zero-order valence-electron chi connectivity index (χ0n) is 18.8. The number of para-hydroxylation sites is 2. The number of hydrogen-bond acceptors (Lipinski definition) is 6. The average Bonchev–Trinajstić information content (AvgIpc) is 3.21. The van der Waals surface area contributed by atoms with Gasteiger partial charge >= 0.3 is 0 Å². The van der Waals surface area contributed by atoms with Gasteiger partial charge in [0.25, 0.3) is 5.91 Å². The van der Waals surface area contributed by atoms with Gasteiger partial charge in [-0.2, -0.15) is 0 Å². The maximum absolute atomic E-state index is 13.4. The summed E-state index contributed by atoms with van der Waals surface area (Å²) in [5, 5.41) is 3.45. The Kier molecular flexibility index (Phi) is 5.67. The van der Waals surface area contributed by atoms with Crippen LogP contribution in [-0.2, 0) is 4.79 Å². The molecule has 1 aliphatic rings. The number of anilines is 1. The van der Waals surface area contributed by atoms with Crippen molar-refractivity contribution in [2.24, 2.45) is 0 Å². The normalized spacial score (nSPS) is 12.4. The summed E-state index contributed by atoms with van der Waals surface area (Å²) in [7, 11) is 0. The second-order valence-corrected chi connectivity index (χ2v) is 8.05. The molecule has 0 bridgehead atoms. The van der Waals surface area contributed by atoms with Crippen molar-refractivity contribution in [3.05, 3.63) is 83.1 Å². The molecule has 0 unspecified atom stereocenters. The summed E-state index contributed by atoms with van der Waals surface area (Å²) in [5.74, 6) is 1.02. The molecule has 2 heterocycles. The number of fused-ring (bicyclic) bond motifs is 2. The van der Waals surface area contributed by atoms with Crippen molar-refractivity contribution >= 4 is 28.3 Å². The fraction of sp³-hybridized carbons (Fsp3) is 0.185. The van der Waals surface area contributed by atoms with Crippen molar-refractivity contribution in [1.29, 1.82) is 0 Å². The lowest BCUT2D eigenvalue weighted by Gasteiger charge is -2.18. The van der Waals surface area contributed by atoms with Crippen LogP contribution in [-0.4, -0.2) is 31.5 Å². The molecule has 0 fully saturated rings. The van der Waals surface area contributed by atoms with E-state index in [0.29, 0.717) is 52.7 Å². The molecule has 0 radical (unpaired) electrons. The molecule has 7 nitrogen and oxygen atoms in total. The van der Waals surface area contributed by atoms with Gasteiger partial charge < -0.3 is 23.9 Å². The fourth-order valence-electron chi connectivity index (χ4n) is 3.99. The molecule has 0 spiro atoms. The maximum Gasteiger partial charge on any atom is 0.262 e. The van der Waals surface area contributed by atoms with Crippen LogP contribution in [0.4, 0.5) is 5.69 Å². The Labute approximate surface area is 196 Å².